The number of imidazole rings is 1. The summed E-state index contributed by atoms with van der Waals surface area (Å²) < 4.78 is 15.6. The van der Waals surface area contributed by atoms with E-state index >= 15 is 0 Å². The number of aliphatic imine (C=N–C) groups is 1. The van der Waals surface area contributed by atoms with E-state index in [1.165, 1.54) is 12.4 Å². The molecule has 3 aromatic rings. The molecule has 0 saturated heterocycles. The first-order chi connectivity index (χ1) is 10.6. The van der Waals surface area contributed by atoms with Crippen LogP contribution in [0.15, 0.2) is 41.9 Å². The second kappa shape index (κ2) is 5.88. The van der Waals surface area contributed by atoms with Gasteiger partial charge in [-0.25, -0.2) is 24.3 Å². The summed E-state index contributed by atoms with van der Waals surface area (Å²) in [4.78, 5) is 18.8. The predicted octanol–water partition coefficient (Wildman–Crippen LogP) is 2.24. The summed E-state index contributed by atoms with van der Waals surface area (Å²) in [6.07, 6.45) is 4.71. The molecule has 6 nitrogen and oxygen atoms in total. The molecule has 7 heteroatoms. The average Bonchev–Trinajstić information content (AvgIpc) is 2.91. The second-order valence-corrected chi connectivity index (χ2v) is 5.04. The van der Waals surface area contributed by atoms with Gasteiger partial charge < -0.3 is 9.47 Å². The maximum absolute atomic E-state index is 13.8. The Kier molecular flexibility index (Phi) is 3.78. The summed E-state index contributed by atoms with van der Waals surface area (Å²) in [5.41, 5.74) is 1.81. The van der Waals surface area contributed by atoms with Gasteiger partial charge >= 0.3 is 0 Å². The molecule has 112 valence electrons. The summed E-state index contributed by atoms with van der Waals surface area (Å²) in [6.45, 7) is 0.358. The summed E-state index contributed by atoms with van der Waals surface area (Å²) in [6, 6.07) is 6.66. The Balaban J connectivity index is 1.99. The van der Waals surface area contributed by atoms with Crippen molar-refractivity contribution in [2.45, 2.75) is 6.54 Å². The normalized spacial score (nSPS) is 11.4. The molecular weight excluding hydrogens is 283 g/mol. The van der Waals surface area contributed by atoms with Crippen LogP contribution < -0.4 is 0 Å². The quantitative estimate of drug-likeness (QED) is 0.547. The van der Waals surface area contributed by atoms with Crippen molar-refractivity contribution in [3.63, 3.8) is 0 Å². The number of fused-ring (bicyclic) bond motifs is 1. The maximum atomic E-state index is 13.8. The van der Waals surface area contributed by atoms with E-state index in [0.717, 1.165) is 0 Å². The van der Waals surface area contributed by atoms with Crippen LogP contribution in [0.2, 0.25) is 0 Å². The van der Waals surface area contributed by atoms with E-state index in [1.807, 2.05) is 19.0 Å². The lowest BCUT2D eigenvalue weighted by atomic mass is 10.2. The van der Waals surface area contributed by atoms with E-state index in [9.17, 15) is 4.39 Å². The molecule has 0 aliphatic carbocycles. The van der Waals surface area contributed by atoms with Crippen LogP contribution in [0.3, 0.4) is 0 Å². The molecule has 0 amide bonds. The summed E-state index contributed by atoms with van der Waals surface area (Å²) >= 11 is 0. The Labute approximate surface area is 127 Å². The second-order valence-electron chi connectivity index (χ2n) is 5.04. The fourth-order valence-corrected chi connectivity index (χ4v) is 2.06. The number of halogens is 1. The predicted molar refractivity (Wildman–Crippen MR) is 82.7 cm³/mol. The average molecular weight is 298 g/mol. The van der Waals surface area contributed by atoms with Crippen molar-refractivity contribution in [1.82, 2.24) is 24.4 Å². The molecule has 0 fully saturated rings. The van der Waals surface area contributed by atoms with Crippen molar-refractivity contribution >= 4 is 23.3 Å². The van der Waals surface area contributed by atoms with Gasteiger partial charge in [0.05, 0.1) is 19.2 Å². The topological polar surface area (TPSA) is 59.2 Å². The number of nitrogens with zero attached hydrogens (tertiary/aromatic N) is 6. The van der Waals surface area contributed by atoms with Crippen molar-refractivity contribution in [3.05, 3.63) is 48.3 Å². The highest BCUT2D eigenvalue weighted by molar-refractivity contribution is 5.82. The zero-order valence-corrected chi connectivity index (χ0v) is 12.3. The molecule has 0 spiro atoms. The van der Waals surface area contributed by atoms with Crippen LogP contribution >= 0.6 is 0 Å². The third-order valence-electron chi connectivity index (χ3n) is 3.09. The van der Waals surface area contributed by atoms with Crippen LogP contribution in [0.5, 0.6) is 0 Å². The zero-order valence-electron chi connectivity index (χ0n) is 12.3. The summed E-state index contributed by atoms with van der Waals surface area (Å²) in [5.74, 6) is 0.246. The highest BCUT2D eigenvalue weighted by Crippen LogP contribution is 2.21. The number of benzene rings is 1. The van der Waals surface area contributed by atoms with Crippen LogP contribution in [0.1, 0.15) is 5.56 Å². The van der Waals surface area contributed by atoms with Gasteiger partial charge in [-0.3, -0.25) is 0 Å². The molecule has 0 atom stereocenters. The lowest BCUT2D eigenvalue weighted by Crippen LogP contribution is -2.07. The first-order valence-electron chi connectivity index (χ1n) is 6.75. The highest BCUT2D eigenvalue weighted by atomic mass is 19.1. The first kappa shape index (κ1) is 14.1. The molecule has 0 aliphatic heterocycles. The Morgan fingerprint density at radius 3 is 2.82 bits per heavy atom. The third-order valence-corrected chi connectivity index (χ3v) is 3.09. The summed E-state index contributed by atoms with van der Waals surface area (Å²) in [7, 11) is 3.75. The molecule has 0 radical (unpaired) electrons. The molecule has 0 aliphatic rings. The molecule has 3 rings (SSSR count). The molecule has 2 heterocycles. The van der Waals surface area contributed by atoms with Crippen LogP contribution in [0.25, 0.3) is 11.2 Å². The Bertz CT molecular complexity index is 824. The van der Waals surface area contributed by atoms with Crippen molar-refractivity contribution in [1.29, 1.82) is 0 Å². The Morgan fingerprint density at radius 2 is 2.05 bits per heavy atom. The SMILES string of the molecule is CN(C)C=Nc1ncnc2c1ncn2Cc1ccccc1F. The van der Waals surface area contributed by atoms with Gasteiger partial charge in [0, 0.05) is 19.7 Å². The van der Waals surface area contributed by atoms with E-state index in [0.29, 0.717) is 29.1 Å². The van der Waals surface area contributed by atoms with Gasteiger partial charge in [-0.2, -0.15) is 0 Å². The lowest BCUT2D eigenvalue weighted by Gasteiger charge is -2.05. The van der Waals surface area contributed by atoms with Gasteiger partial charge in [-0.05, 0) is 6.07 Å². The van der Waals surface area contributed by atoms with Crippen LogP contribution in [-0.2, 0) is 6.54 Å². The minimum absolute atomic E-state index is 0.246. The number of hydrogen-bond acceptors (Lipinski definition) is 4. The van der Waals surface area contributed by atoms with E-state index in [1.54, 1.807) is 35.4 Å². The van der Waals surface area contributed by atoms with Crippen LogP contribution in [0.4, 0.5) is 10.2 Å². The highest BCUT2D eigenvalue weighted by Gasteiger charge is 2.11. The van der Waals surface area contributed by atoms with Gasteiger partial charge in [-0.1, -0.05) is 18.2 Å². The maximum Gasteiger partial charge on any atom is 0.184 e. The van der Waals surface area contributed by atoms with Gasteiger partial charge in [0.25, 0.3) is 0 Å². The van der Waals surface area contributed by atoms with E-state index in [2.05, 4.69) is 19.9 Å². The summed E-state index contributed by atoms with van der Waals surface area (Å²) in [5, 5.41) is 0. The van der Waals surface area contributed by atoms with Crippen molar-refractivity contribution in [2.75, 3.05) is 14.1 Å². The number of rotatable bonds is 4. The van der Waals surface area contributed by atoms with Crippen LogP contribution in [-0.4, -0.2) is 44.9 Å². The molecule has 1 aromatic carbocycles. The number of aromatic nitrogens is 4. The zero-order chi connectivity index (χ0) is 15.5. The van der Waals surface area contributed by atoms with E-state index in [4.69, 9.17) is 0 Å². The van der Waals surface area contributed by atoms with Gasteiger partial charge in [0.1, 0.15) is 12.1 Å². The Hall–Kier alpha value is -2.83. The van der Waals surface area contributed by atoms with Gasteiger partial charge in [-0.15, -0.1) is 0 Å². The van der Waals surface area contributed by atoms with Crippen molar-refractivity contribution < 1.29 is 4.39 Å². The molecule has 2 aromatic heterocycles. The molecule has 0 unspecified atom stereocenters. The van der Waals surface area contributed by atoms with E-state index in [-0.39, 0.29) is 5.82 Å². The third kappa shape index (κ3) is 2.78. The van der Waals surface area contributed by atoms with Crippen molar-refractivity contribution in [2.24, 2.45) is 4.99 Å². The monoisotopic (exact) mass is 298 g/mol. The fourth-order valence-electron chi connectivity index (χ4n) is 2.06. The largest absolute Gasteiger partial charge is 0.369 e. The minimum Gasteiger partial charge on any atom is -0.369 e. The fraction of sp³-hybridized carbons (Fsp3) is 0.200. The standard InChI is InChI=1S/C15H15FN6/c1-21(2)9-20-14-13-15(18-8-17-14)22(10-19-13)7-11-5-3-4-6-12(11)16/h3-6,8-10H,7H2,1-2H3. The lowest BCUT2D eigenvalue weighted by molar-refractivity contribution is 0.601. The molecular formula is C15H15FN6. The van der Waals surface area contributed by atoms with Crippen molar-refractivity contribution in [3.8, 4) is 0 Å². The molecule has 0 saturated carbocycles. The minimum atomic E-state index is -0.246. The van der Waals surface area contributed by atoms with Gasteiger partial charge in [0.2, 0.25) is 0 Å². The molecule has 0 bridgehead atoms. The van der Waals surface area contributed by atoms with Crippen LogP contribution in [0, 0.1) is 5.82 Å². The Morgan fingerprint density at radius 1 is 1.23 bits per heavy atom. The smallest absolute Gasteiger partial charge is 0.184 e. The first-order valence-corrected chi connectivity index (χ1v) is 6.75. The van der Waals surface area contributed by atoms with Gasteiger partial charge in [0.15, 0.2) is 17.0 Å². The molecule has 0 N–H and O–H groups in total. The van der Waals surface area contributed by atoms with E-state index < -0.39 is 0 Å². The molecule has 22 heavy (non-hydrogen) atoms. The number of hydrogen-bond donors (Lipinski definition) is 0.